The normalized spacial score (nSPS) is 17.4. The number of hydrogen-bond donors (Lipinski definition) is 0. The Bertz CT molecular complexity index is 1920. The number of hydrogen-bond acceptors (Lipinski definition) is 0. The predicted octanol–water partition coefficient (Wildman–Crippen LogP) is 12.0. The molecule has 0 aromatic heterocycles. The summed E-state index contributed by atoms with van der Waals surface area (Å²) in [4.78, 5) is 0. The van der Waals surface area contributed by atoms with Crippen molar-refractivity contribution >= 4 is 37.9 Å². The van der Waals surface area contributed by atoms with Gasteiger partial charge in [-0.15, -0.1) is 0 Å². The van der Waals surface area contributed by atoms with Gasteiger partial charge in [-0.25, -0.2) is 0 Å². The summed E-state index contributed by atoms with van der Waals surface area (Å²) < 4.78 is 0. The average Bonchev–Trinajstić information content (AvgIpc) is 3.17. The van der Waals surface area contributed by atoms with Crippen LogP contribution < -0.4 is 0 Å². The minimum absolute atomic E-state index is 0.190. The second-order valence-electron chi connectivity index (χ2n) is 11.9. The van der Waals surface area contributed by atoms with Crippen molar-refractivity contribution in [1.82, 2.24) is 0 Å². The monoisotopic (exact) mass is 528 g/mol. The minimum atomic E-state index is 0.190. The van der Waals surface area contributed by atoms with Crippen LogP contribution in [0.2, 0.25) is 0 Å². The molecule has 0 amide bonds. The third-order valence-electron chi connectivity index (χ3n) is 9.44. The quantitative estimate of drug-likeness (QED) is 0.200. The van der Waals surface area contributed by atoms with Crippen LogP contribution >= 0.6 is 0 Å². The molecule has 1 aliphatic rings. The van der Waals surface area contributed by atoms with E-state index < -0.39 is 0 Å². The maximum Gasteiger partial charge on any atom is -0.00201 e. The summed E-state index contributed by atoms with van der Waals surface area (Å²) in [5, 5.41) is 7.76. The van der Waals surface area contributed by atoms with E-state index in [-0.39, 0.29) is 5.41 Å². The summed E-state index contributed by atoms with van der Waals surface area (Å²) in [7, 11) is 0. The van der Waals surface area contributed by atoms with Crippen molar-refractivity contribution < 1.29 is 0 Å². The molecule has 0 aliphatic heterocycles. The molecule has 1 unspecified atom stereocenters. The number of rotatable bonds is 4. The first-order valence-electron chi connectivity index (χ1n) is 15.0. The summed E-state index contributed by atoms with van der Waals surface area (Å²) in [5.74, 6) is 0. The molecule has 0 heterocycles. The fourth-order valence-corrected chi connectivity index (χ4v) is 7.00. The van der Waals surface area contributed by atoms with E-state index in [0.717, 1.165) is 12.8 Å². The maximum atomic E-state index is 2.44. The largest absolute Gasteiger partial charge is 0.0816 e. The van der Waals surface area contributed by atoms with E-state index >= 15 is 0 Å². The summed E-state index contributed by atoms with van der Waals surface area (Å²) in [6, 6.07) is 42.8. The highest BCUT2D eigenvalue weighted by molar-refractivity contribution is 6.23. The number of benzene rings is 6. The summed E-state index contributed by atoms with van der Waals surface area (Å²) in [6.07, 6.45) is 8.31. The van der Waals surface area contributed by atoms with Crippen molar-refractivity contribution in [3.63, 3.8) is 0 Å². The van der Waals surface area contributed by atoms with E-state index in [1.54, 1.807) is 0 Å². The molecule has 1 aliphatic carbocycles. The Morgan fingerprint density at radius 1 is 0.585 bits per heavy atom. The molecule has 0 fully saturated rings. The molecule has 200 valence electrons. The van der Waals surface area contributed by atoms with Gasteiger partial charge in [0.1, 0.15) is 0 Å². The zero-order valence-electron chi connectivity index (χ0n) is 24.2. The van der Waals surface area contributed by atoms with Gasteiger partial charge >= 0.3 is 0 Å². The van der Waals surface area contributed by atoms with Gasteiger partial charge in [0.05, 0.1) is 0 Å². The molecular formula is C41H36. The first kappa shape index (κ1) is 25.5. The third kappa shape index (κ3) is 4.30. The average molecular weight is 529 g/mol. The molecule has 6 aromatic rings. The number of allylic oxidation sites excluding steroid dienone is 4. The lowest BCUT2D eigenvalue weighted by atomic mass is 9.73. The summed E-state index contributed by atoms with van der Waals surface area (Å²) in [6.45, 7) is 7.01. The van der Waals surface area contributed by atoms with Gasteiger partial charge in [0.2, 0.25) is 0 Å². The Morgan fingerprint density at radius 3 is 1.76 bits per heavy atom. The van der Waals surface area contributed by atoms with E-state index in [4.69, 9.17) is 0 Å². The molecule has 0 spiro atoms. The van der Waals surface area contributed by atoms with Gasteiger partial charge < -0.3 is 0 Å². The Balaban J connectivity index is 1.47. The Hall–Kier alpha value is -4.42. The van der Waals surface area contributed by atoms with Crippen molar-refractivity contribution in [2.24, 2.45) is 5.41 Å². The van der Waals surface area contributed by atoms with Crippen LogP contribution in [0, 0.1) is 5.41 Å². The van der Waals surface area contributed by atoms with Crippen LogP contribution in [0.15, 0.2) is 133 Å². The van der Waals surface area contributed by atoms with Gasteiger partial charge in [0.25, 0.3) is 0 Å². The molecular weight excluding hydrogens is 492 g/mol. The molecule has 0 radical (unpaired) electrons. The van der Waals surface area contributed by atoms with E-state index in [9.17, 15) is 0 Å². The fourth-order valence-electron chi connectivity index (χ4n) is 7.00. The van der Waals surface area contributed by atoms with E-state index in [1.807, 2.05) is 0 Å². The second-order valence-corrected chi connectivity index (χ2v) is 11.9. The van der Waals surface area contributed by atoms with E-state index in [2.05, 4.69) is 148 Å². The topological polar surface area (TPSA) is 0 Å². The third-order valence-corrected chi connectivity index (χ3v) is 9.44. The smallest absolute Gasteiger partial charge is 0.00201 e. The van der Waals surface area contributed by atoms with Gasteiger partial charge in [-0.05, 0) is 97.3 Å². The van der Waals surface area contributed by atoms with Gasteiger partial charge in [0.15, 0.2) is 0 Å². The summed E-state index contributed by atoms with van der Waals surface area (Å²) >= 11 is 0. The molecule has 0 N–H and O–H groups in total. The van der Waals surface area contributed by atoms with Crippen LogP contribution in [-0.2, 0) is 0 Å². The Kier molecular flexibility index (Phi) is 6.36. The highest BCUT2D eigenvalue weighted by Gasteiger charge is 2.29. The van der Waals surface area contributed by atoms with Crippen molar-refractivity contribution in [1.29, 1.82) is 0 Å². The highest BCUT2D eigenvalue weighted by atomic mass is 14.3. The molecule has 0 heteroatoms. The van der Waals surface area contributed by atoms with Crippen LogP contribution in [0.1, 0.15) is 45.6 Å². The number of fused-ring (bicyclic) bond motifs is 3. The second kappa shape index (κ2) is 10.2. The zero-order valence-corrected chi connectivity index (χ0v) is 24.2. The molecule has 0 saturated carbocycles. The Morgan fingerprint density at radius 2 is 1.12 bits per heavy atom. The van der Waals surface area contributed by atoms with Crippen molar-refractivity contribution in [3.05, 3.63) is 139 Å². The maximum absolute atomic E-state index is 2.44. The van der Waals surface area contributed by atoms with Gasteiger partial charge in [0, 0.05) is 0 Å². The predicted molar refractivity (Wildman–Crippen MR) is 179 cm³/mol. The van der Waals surface area contributed by atoms with Gasteiger partial charge in [-0.2, -0.15) is 0 Å². The molecule has 0 bridgehead atoms. The minimum Gasteiger partial charge on any atom is -0.0816 e. The lowest BCUT2D eigenvalue weighted by molar-refractivity contribution is 0.400. The molecule has 0 nitrogen and oxygen atoms in total. The van der Waals surface area contributed by atoms with Crippen LogP contribution in [0.4, 0.5) is 0 Å². The van der Waals surface area contributed by atoms with Gasteiger partial charge in [-0.1, -0.05) is 147 Å². The highest BCUT2D eigenvalue weighted by Crippen LogP contribution is 2.47. The molecule has 1 atom stereocenters. The van der Waals surface area contributed by atoms with Crippen molar-refractivity contribution in [2.75, 3.05) is 0 Å². The molecule has 7 rings (SSSR count). The molecule has 0 saturated heterocycles. The first-order chi connectivity index (χ1) is 20.1. The summed E-state index contributed by atoms with van der Waals surface area (Å²) in [5.41, 5.74) is 9.57. The first-order valence-corrected chi connectivity index (χ1v) is 15.0. The van der Waals surface area contributed by atoms with Crippen LogP contribution in [-0.4, -0.2) is 0 Å². The molecule has 6 aromatic carbocycles. The van der Waals surface area contributed by atoms with E-state index in [0.29, 0.717) is 0 Å². The van der Waals surface area contributed by atoms with Crippen molar-refractivity contribution in [2.45, 2.75) is 40.0 Å². The lowest BCUT2D eigenvalue weighted by Crippen LogP contribution is -2.16. The molecule has 41 heavy (non-hydrogen) atoms. The SMILES string of the molecule is CCC1(C)CCC=C(C)C=C1c1ccc(-c2c3ccccc3c(-c3cccc4ccccc34)c3ccccc23)cc1. The Labute approximate surface area is 243 Å². The standard InChI is InChI=1S/C41H36/c1-4-41(3)26-12-13-28(2)27-38(41)30-22-24-31(25-23-30)39-34-17-7-9-19-36(34)40(37-20-10-8-18-35(37)39)33-21-11-15-29-14-5-6-16-32(29)33/h5-11,13-25,27H,4,12,26H2,1-3H3. The fraction of sp³-hybridized carbons (Fsp3) is 0.171. The van der Waals surface area contributed by atoms with Crippen LogP contribution in [0.25, 0.3) is 60.1 Å². The van der Waals surface area contributed by atoms with Gasteiger partial charge in [-0.3, -0.25) is 0 Å². The van der Waals surface area contributed by atoms with Crippen molar-refractivity contribution in [3.8, 4) is 22.3 Å². The lowest BCUT2D eigenvalue weighted by Gasteiger charge is -2.31. The van der Waals surface area contributed by atoms with E-state index in [1.165, 1.54) is 77.7 Å². The van der Waals surface area contributed by atoms with Crippen LogP contribution in [0.3, 0.4) is 0 Å². The zero-order chi connectivity index (χ0) is 28.0. The van der Waals surface area contributed by atoms with Crippen LogP contribution in [0.5, 0.6) is 0 Å².